The van der Waals surface area contributed by atoms with Crippen LogP contribution < -0.4 is 20.1 Å². The van der Waals surface area contributed by atoms with Gasteiger partial charge in [-0.2, -0.15) is 0 Å². The monoisotopic (exact) mass is 363 g/mol. The third-order valence-corrected chi connectivity index (χ3v) is 4.51. The van der Waals surface area contributed by atoms with Crippen molar-refractivity contribution in [3.05, 3.63) is 29.3 Å². The van der Waals surface area contributed by atoms with Crippen molar-refractivity contribution in [3.8, 4) is 22.1 Å². The summed E-state index contributed by atoms with van der Waals surface area (Å²) in [4.78, 5) is 16.5. The lowest BCUT2D eigenvalue weighted by atomic mass is 10.2. The zero-order valence-corrected chi connectivity index (χ0v) is 15.7. The zero-order chi connectivity index (χ0) is 18.1. The fourth-order valence-electron chi connectivity index (χ4n) is 2.31. The lowest BCUT2D eigenvalue weighted by Gasteiger charge is -2.08. The molecule has 1 amide bonds. The second-order valence-electron chi connectivity index (χ2n) is 5.49. The van der Waals surface area contributed by atoms with E-state index in [2.05, 4.69) is 22.5 Å². The van der Waals surface area contributed by atoms with Gasteiger partial charge >= 0.3 is 0 Å². The highest BCUT2D eigenvalue weighted by molar-refractivity contribution is 7.13. The maximum Gasteiger partial charge on any atom is 0.226 e. The maximum atomic E-state index is 12.0. The Kier molecular flexibility index (Phi) is 7.69. The van der Waals surface area contributed by atoms with E-state index in [1.807, 2.05) is 23.6 Å². The van der Waals surface area contributed by atoms with Gasteiger partial charge in [0.2, 0.25) is 5.91 Å². The molecule has 0 unspecified atom stereocenters. The Hall–Kier alpha value is -2.12. The Balaban J connectivity index is 1.92. The lowest BCUT2D eigenvalue weighted by Crippen LogP contribution is -2.33. The molecule has 0 aliphatic carbocycles. The average molecular weight is 363 g/mol. The third-order valence-electron chi connectivity index (χ3n) is 3.57. The number of benzene rings is 1. The van der Waals surface area contributed by atoms with Crippen LogP contribution in [0.2, 0.25) is 0 Å². The van der Waals surface area contributed by atoms with E-state index in [0.717, 1.165) is 35.8 Å². The molecule has 136 valence electrons. The van der Waals surface area contributed by atoms with Crippen LogP contribution in [0.5, 0.6) is 11.5 Å². The molecule has 0 saturated carbocycles. The summed E-state index contributed by atoms with van der Waals surface area (Å²) in [5, 5.41) is 8.92. The number of rotatable bonds is 10. The van der Waals surface area contributed by atoms with E-state index in [1.165, 1.54) is 11.3 Å². The van der Waals surface area contributed by atoms with Crippen LogP contribution in [-0.2, 0) is 11.2 Å². The topological polar surface area (TPSA) is 72.5 Å². The Morgan fingerprint density at radius 2 is 1.96 bits per heavy atom. The van der Waals surface area contributed by atoms with E-state index >= 15 is 0 Å². The van der Waals surface area contributed by atoms with Crippen molar-refractivity contribution in [2.24, 2.45) is 0 Å². The summed E-state index contributed by atoms with van der Waals surface area (Å²) in [6.45, 7) is 4.50. The predicted octanol–water partition coefficient (Wildman–Crippen LogP) is 2.49. The quantitative estimate of drug-likeness (QED) is 0.635. The molecule has 2 aromatic rings. The first-order chi connectivity index (χ1) is 12.2. The number of amides is 1. The molecule has 0 aliphatic rings. The molecule has 6 nitrogen and oxygen atoms in total. The molecular formula is C18H25N3O3S. The molecule has 7 heteroatoms. The summed E-state index contributed by atoms with van der Waals surface area (Å²) < 4.78 is 10.6. The number of aromatic nitrogens is 1. The molecule has 0 radical (unpaired) electrons. The highest BCUT2D eigenvalue weighted by atomic mass is 32.1. The average Bonchev–Trinajstić information content (AvgIpc) is 3.09. The van der Waals surface area contributed by atoms with Gasteiger partial charge in [-0.3, -0.25) is 4.79 Å². The van der Waals surface area contributed by atoms with Crippen molar-refractivity contribution < 1.29 is 14.3 Å². The van der Waals surface area contributed by atoms with Gasteiger partial charge in [0.25, 0.3) is 0 Å². The maximum absolute atomic E-state index is 12.0. The number of nitrogens with one attached hydrogen (secondary N) is 2. The number of hydrogen-bond donors (Lipinski definition) is 2. The van der Waals surface area contributed by atoms with Crippen LogP contribution in [-0.4, -0.2) is 44.7 Å². The van der Waals surface area contributed by atoms with Crippen molar-refractivity contribution in [2.75, 3.05) is 33.9 Å². The summed E-state index contributed by atoms with van der Waals surface area (Å²) in [6, 6.07) is 5.68. The summed E-state index contributed by atoms with van der Waals surface area (Å²) in [5.41, 5.74) is 1.71. The first-order valence-corrected chi connectivity index (χ1v) is 9.20. The number of nitrogens with zero attached hydrogens (tertiary/aromatic N) is 1. The van der Waals surface area contributed by atoms with Gasteiger partial charge in [0, 0.05) is 24.0 Å². The van der Waals surface area contributed by atoms with Gasteiger partial charge in [-0.15, -0.1) is 11.3 Å². The predicted molar refractivity (Wildman–Crippen MR) is 101 cm³/mol. The molecular weight excluding hydrogens is 338 g/mol. The van der Waals surface area contributed by atoms with Crippen molar-refractivity contribution in [3.63, 3.8) is 0 Å². The van der Waals surface area contributed by atoms with Gasteiger partial charge in [-0.05, 0) is 31.2 Å². The number of carbonyl (C=O) groups excluding carboxylic acids is 1. The molecule has 1 aromatic carbocycles. The Bertz CT molecular complexity index is 688. The van der Waals surface area contributed by atoms with E-state index in [0.29, 0.717) is 18.0 Å². The van der Waals surface area contributed by atoms with Crippen LogP contribution in [0.1, 0.15) is 19.0 Å². The molecule has 0 spiro atoms. The summed E-state index contributed by atoms with van der Waals surface area (Å²) >= 11 is 1.51. The van der Waals surface area contributed by atoms with Gasteiger partial charge < -0.3 is 20.1 Å². The fraction of sp³-hybridized carbons (Fsp3) is 0.444. The van der Waals surface area contributed by atoms with Crippen molar-refractivity contribution in [1.29, 1.82) is 0 Å². The van der Waals surface area contributed by atoms with E-state index in [-0.39, 0.29) is 12.3 Å². The number of methoxy groups -OCH3 is 2. The minimum Gasteiger partial charge on any atom is -0.493 e. The SMILES string of the molecule is CCCNCCNC(=O)Cc1csc(-c2ccc(OC)c(OC)c2)n1. The molecule has 0 fully saturated rings. The van der Waals surface area contributed by atoms with E-state index in [1.54, 1.807) is 14.2 Å². The van der Waals surface area contributed by atoms with E-state index in [9.17, 15) is 4.79 Å². The first kappa shape index (κ1) is 19.2. The van der Waals surface area contributed by atoms with Crippen LogP contribution in [0, 0.1) is 0 Å². The number of ether oxygens (including phenoxy) is 2. The number of carbonyl (C=O) groups is 1. The van der Waals surface area contributed by atoms with Gasteiger partial charge in [0.15, 0.2) is 11.5 Å². The van der Waals surface area contributed by atoms with Crippen molar-refractivity contribution >= 4 is 17.2 Å². The Morgan fingerprint density at radius 3 is 2.68 bits per heavy atom. The minimum atomic E-state index is -0.0116. The smallest absolute Gasteiger partial charge is 0.226 e. The van der Waals surface area contributed by atoms with Crippen LogP contribution in [0.3, 0.4) is 0 Å². The Morgan fingerprint density at radius 1 is 1.16 bits per heavy atom. The van der Waals surface area contributed by atoms with Gasteiger partial charge in [-0.25, -0.2) is 4.98 Å². The summed E-state index contributed by atoms with van der Waals surface area (Å²) in [6.07, 6.45) is 1.38. The standard InChI is InChI=1S/C18H25N3O3S/c1-4-7-19-8-9-20-17(22)11-14-12-25-18(21-14)13-5-6-15(23-2)16(10-13)24-3/h5-6,10,12,19H,4,7-9,11H2,1-3H3,(H,20,22). The molecule has 0 aliphatic heterocycles. The third kappa shape index (κ3) is 5.72. The van der Waals surface area contributed by atoms with Crippen LogP contribution in [0.4, 0.5) is 0 Å². The van der Waals surface area contributed by atoms with Gasteiger partial charge in [-0.1, -0.05) is 6.92 Å². The molecule has 0 atom stereocenters. The van der Waals surface area contributed by atoms with Gasteiger partial charge in [0.05, 0.1) is 26.3 Å². The minimum absolute atomic E-state index is 0.0116. The highest BCUT2D eigenvalue weighted by Gasteiger charge is 2.11. The summed E-state index contributed by atoms with van der Waals surface area (Å²) in [5.74, 6) is 1.33. The van der Waals surface area contributed by atoms with Gasteiger partial charge in [0.1, 0.15) is 5.01 Å². The largest absolute Gasteiger partial charge is 0.493 e. The molecule has 0 bridgehead atoms. The zero-order valence-electron chi connectivity index (χ0n) is 14.9. The first-order valence-electron chi connectivity index (χ1n) is 8.32. The normalized spacial score (nSPS) is 10.5. The molecule has 1 aromatic heterocycles. The summed E-state index contributed by atoms with van der Waals surface area (Å²) in [7, 11) is 3.21. The number of hydrogen-bond acceptors (Lipinski definition) is 6. The Labute approximate surface area is 152 Å². The number of thiazole rings is 1. The fourth-order valence-corrected chi connectivity index (χ4v) is 3.13. The van der Waals surface area contributed by atoms with Crippen LogP contribution in [0.15, 0.2) is 23.6 Å². The molecule has 0 saturated heterocycles. The van der Waals surface area contributed by atoms with Crippen molar-refractivity contribution in [2.45, 2.75) is 19.8 Å². The molecule has 1 heterocycles. The second-order valence-corrected chi connectivity index (χ2v) is 6.35. The highest BCUT2D eigenvalue weighted by Crippen LogP contribution is 2.33. The van der Waals surface area contributed by atoms with Crippen molar-refractivity contribution in [1.82, 2.24) is 15.6 Å². The lowest BCUT2D eigenvalue weighted by molar-refractivity contribution is -0.120. The second kappa shape index (κ2) is 10.0. The van der Waals surface area contributed by atoms with E-state index < -0.39 is 0 Å². The van der Waals surface area contributed by atoms with Crippen LogP contribution in [0.25, 0.3) is 10.6 Å². The van der Waals surface area contributed by atoms with E-state index in [4.69, 9.17) is 9.47 Å². The van der Waals surface area contributed by atoms with Crippen LogP contribution >= 0.6 is 11.3 Å². The molecule has 2 N–H and O–H groups in total. The molecule has 25 heavy (non-hydrogen) atoms. The molecule has 2 rings (SSSR count).